The molecule has 0 atom stereocenters. The van der Waals surface area contributed by atoms with Crippen molar-refractivity contribution in [2.45, 2.75) is 24.7 Å². The number of hydrogen-bond donors (Lipinski definition) is 1. The van der Waals surface area contributed by atoms with Gasteiger partial charge in [-0.25, -0.2) is 13.6 Å². The molecule has 2 aromatic rings. The fraction of sp³-hybridized carbons (Fsp3) is 0.231. The Kier molecular flexibility index (Phi) is 3.17. The maximum atomic E-state index is 11.7. The van der Waals surface area contributed by atoms with Crippen LogP contribution >= 0.6 is 0 Å². The molecule has 0 bridgehead atoms. The third-order valence-electron chi connectivity index (χ3n) is 2.76. The van der Waals surface area contributed by atoms with Crippen molar-refractivity contribution in [3.8, 4) is 0 Å². The zero-order valence-corrected chi connectivity index (χ0v) is 10.5. The van der Waals surface area contributed by atoms with Crippen LogP contribution in [0.3, 0.4) is 0 Å². The first-order chi connectivity index (χ1) is 8.04. The van der Waals surface area contributed by atoms with E-state index in [1.807, 2.05) is 37.3 Å². The standard InChI is InChI=1S/C13H15NO2S/c1-2-5-11-9-8-10-6-3-4-7-12(10)13(11)17(14,15)16/h3-4,6-9H,2,5H2,1H3,(H2,14,15,16). The van der Waals surface area contributed by atoms with Gasteiger partial charge in [0.1, 0.15) is 0 Å². The summed E-state index contributed by atoms with van der Waals surface area (Å²) in [5, 5.41) is 6.93. The Morgan fingerprint density at radius 2 is 1.82 bits per heavy atom. The van der Waals surface area contributed by atoms with Crippen LogP contribution < -0.4 is 5.14 Å². The molecule has 0 fully saturated rings. The normalized spacial score (nSPS) is 11.9. The lowest BCUT2D eigenvalue weighted by Crippen LogP contribution is -2.15. The minimum atomic E-state index is -3.68. The van der Waals surface area contributed by atoms with Crippen molar-refractivity contribution in [1.29, 1.82) is 0 Å². The summed E-state index contributed by atoms with van der Waals surface area (Å²) in [6.45, 7) is 2.02. The van der Waals surface area contributed by atoms with E-state index >= 15 is 0 Å². The van der Waals surface area contributed by atoms with E-state index in [-0.39, 0.29) is 4.90 Å². The lowest BCUT2D eigenvalue weighted by atomic mass is 10.0. The molecule has 17 heavy (non-hydrogen) atoms. The number of primary sulfonamides is 1. The average Bonchev–Trinajstić information content (AvgIpc) is 2.27. The van der Waals surface area contributed by atoms with Gasteiger partial charge in [0.2, 0.25) is 10.0 Å². The van der Waals surface area contributed by atoms with Gasteiger partial charge < -0.3 is 0 Å². The van der Waals surface area contributed by atoms with Crippen molar-refractivity contribution < 1.29 is 8.42 Å². The van der Waals surface area contributed by atoms with Crippen molar-refractivity contribution in [2.75, 3.05) is 0 Å². The summed E-state index contributed by atoms with van der Waals surface area (Å²) >= 11 is 0. The predicted octanol–water partition coefficient (Wildman–Crippen LogP) is 2.44. The summed E-state index contributed by atoms with van der Waals surface area (Å²) < 4.78 is 23.4. The third kappa shape index (κ3) is 2.33. The lowest BCUT2D eigenvalue weighted by Gasteiger charge is -2.10. The van der Waals surface area contributed by atoms with Gasteiger partial charge in [0.05, 0.1) is 4.90 Å². The summed E-state index contributed by atoms with van der Waals surface area (Å²) in [7, 11) is -3.68. The maximum Gasteiger partial charge on any atom is 0.238 e. The van der Waals surface area contributed by atoms with E-state index in [0.29, 0.717) is 5.39 Å². The van der Waals surface area contributed by atoms with Crippen molar-refractivity contribution in [3.05, 3.63) is 42.0 Å². The second-order valence-corrected chi connectivity index (χ2v) is 5.57. The fourth-order valence-corrected chi connectivity index (χ4v) is 3.12. The second kappa shape index (κ2) is 4.47. The minimum absolute atomic E-state index is 0.275. The van der Waals surface area contributed by atoms with E-state index in [9.17, 15) is 8.42 Å². The van der Waals surface area contributed by atoms with Crippen LogP contribution in [0.1, 0.15) is 18.9 Å². The van der Waals surface area contributed by atoms with E-state index in [2.05, 4.69) is 0 Å². The number of rotatable bonds is 3. The molecule has 0 aliphatic carbocycles. The molecule has 0 aromatic heterocycles. The molecule has 4 heteroatoms. The summed E-state index contributed by atoms with van der Waals surface area (Å²) in [5.74, 6) is 0. The van der Waals surface area contributed by atoms with Gasteiger partial charge in [0.15, 0.2) is 0 Å². The molecule has 0 aliphatic rings. The van der Waals surface area contributed by atoms with Crippen LogP contribution in [0.15, 0.2) is 41.3 Å². The highest BCUT2D eigenvalue weighted by Gasteiger charge is 2.16. The second-order valence-electron chi connectivity index (χ2n) is 4.07. The zero-order chi connectivity index (χ0) is 12.5. The highest BCUT2D eigenvalue weighted by molar-refractivity contribution is 7.89. The van der Waals surface area contributed by atoms with Crippen LogP contribution in [-0.2, 0) is 16.4 Å². The maximum absolute atomic E-state index is 11.7. The van der Waals surface area contributed by atoms with Crippen molar-refractivity contribution in [2.24, 2.45) is 5.14 Å². The molecule has 90 valence electrons. The van der Waals surface area contributed by atoms with Gasteiger partial charge in [-0.3, -0.25) is 0 Å². The summed E-state index contributed by atoms with van der Waals surface area (Å²) in [6, 6.07) is 11.2. The highest BCUT2D eigenvalue weighted by Crippen LogP contribution is 2.26. The Labute approximate surface area is 101 Å². The van der Waals surface area contributed by atoms with Gasteiger partial charge in [-0.1, -0.05) is 49.7 Å². The Bertz CT molecular complexity index is 648. The fourth-order valence-electron chi connectivity index (χ4n) is 2.09. The molecule has 0 saturated carbocycles. The van der Waals surface area contributed by atoms with Crippen LogP contribution in [-0.4, -0.2) is 8.42 Å². The van der Waals surface area contributed by atoms with Crippen LogP contribution in [0.5, 0.6) is 0 Å². The number of aryl methyl sites for hydroxylation is 1. The molecule has 0 saturated heterocycles. The van der Waals surface area contributed by atoms with E-state index < -0.39 is 10.0 Å². The van der Waals surface area contributed by atoms with Gasteiger partial charge in [-0.05, 0) is 17.4 Å². The van der Waals surface area contributed by atoms with Crippen LogP contribution in [0, 0.1) is 0 Å². The summed E-state index contributed by atoms with van der Waals surface area (Å²) in [4.78, 5) is 0.275. The average molecular weight is 249 g/mol. The molecule has 0 radical (unpaired) electrons. The first-order valence-electron chi connectivity index (χ1n) is 5.57. The van der Waals surface area contributed by atoms with E-state index in [4.69, 9.17) is 5.14 Å². The summed E-state index contributed by atoms with van der Waals surface area (Å²) in [6.07, 6.45) is 1.61. The third-order valence-corrected chi connectivity index (χ3v) is 3.82. The minimum Gasteiger partial charge on any atom is -0.225 e. The number of sulfonamides is 1. The van der Waals surface area contributed by atoms with Gasteiger partial charge in [-0.15, -0.1) is 0 Å². The quantitative estimate of drug-likeness (QED) is 0.908. The molecular weight excluding hydrogens is 234 g/mol. The van der Waals surface area contributed by atoms with Gasteiger partial charge in [0.25, 0.3) is 0 Å². The number of fused-ring (bicyclic) bond motifs is 1. The summed E-state index contributed by atoms with van der Waals surface area (Å²) in [5.41, 5.74) is 0.800. The van der Waals surface area contributed by atoms with E-state index in [1.54, 1.807) is 6.07 Å². The Balaban J connectivity index is 2.85. The van der Waals surface area contributed by atoms with Gasteiger partial charge in [-0.2, -0.15) is 0 Å². The molecule has 0 spiro atoms. The molecule has 0 heterocycles. The highest BCUT2D eigenvalue weighted by atomic mass is 32.2. The van der Waals surface area contributed by atoms with Crippen LogP contribution in [0.4, 0.5) is 0 Å². The van der Waals surface area contributed by atoms with Gasteiger partial charge >= 0.3 is 0 Å². The molecule has 0 aliphatic heterocycles. The first kappa shape index (κ1) is 12.1. The topological polar surface area (TPSA) is 60.2 Å². The number of benzene rings is 2. The van der Waals surface area contributed by atoms with Crippen LogP contribution in [0.25, 0.3) is 10.8 Å². The lowest BCUT2D eigenvalue weighted by molar-refractivity contribution is 0.597. The molecule has 0 amide bonds. The smallest absolute Gasteiger partial charge is 0.225 e. The molecule has 2 aromatic carbocycles. The Hall–Kier alpha value is -1.39. The first-order valence-corrected chi connectivity index (χ1v) is 7.12. The SMILES string of the molecule is CCCc1ccc2ccccc2c1S(N)(=O)=O. The molecule has 0 unspecified atom stereocenters. The van der Waals surface area contributed by atoms with Crippen LogP contribution in [0.2, 0.25) is 0 Å². The predicted molar refractivity (Wildman–Crippen MR) is 69.3 cm³/mol. The van der Waals surface area contributed by atoms with Crippen molar-refractivity contribution >= 4 is 20.8 Å². The number of nitrogens with two attached hydrogens (primary N) is 1. The Morgan fingerprint density at radius 1 is 1.12 bits per heavy atom. The van der Waals surface area contributed by atoms with E-state index in [1.165, 1.54) is 0 Å². The zero-order valence-electron chi connectivity index (χ0n) is 9.68. The number of hydrogen-bond acceptors (Lipinski definition) is 2. The van der Waals surface area contributed by atoms with E-state index in [0.717, 1.165) is 23.8 Å². The monoisotopic (exact) mass is 249 g/mol. The van der Waals surface area contributed by atoms with Crippen molar-refractivity contribution in [3.63, 3.8) is 0 Å². The molecule has 2 rings (SSSR count). The molecule has 3 nitrogen and oxygen atoms in total. The Morgan fingerprint density at radius 3 is 2.47 bits per heavy atom. The van der Waals surface area contributed by atoms with Crippen molar-refractivity contribution in [1.82, 2.24) is 0 Å². The molecule has 2 N–H and O–H groups in total. The largest absolute Gasteiger partial charge is 0.238 e. The van der Waals surface area contributed by atoms with Gasteiger partial charge in [0, 0.05) is 5.39 Å². The molecular formula is C13H15NO2S.